The van der Waals surface area contributed by atoms with Gasteiger partial charge in [-0.1, -0.05) is 39.5 Å². The first-order chi connectivity index (χ1) is 12.0. The van der Waals surface area contributed by atoms with E-state index >= 15 is 0 Å². The van der Waals surface area contributed by atoms with Crippen LogP contribution in [-0.2, 0) is 9.59 Å². The molecule has 0 heterocycles. The molecule has 0 bridgehead atoms. The van der Waals surface area contributed by atoms with Gasteiger partial charge in [0.05, 0.1) is 0 Å². The normalized spacial score (nSPS) is 9.36. The van der Waals surface area contributed by atoms with Crippen LogP contribution in [0.15, 0.2) is 0 Å². The molecule has 0 fully saturated rings. The number of rotatable bonds is 14. The monoisotopic (exact) mass is 464 g/mol. The van der Waals surface area contributed by atoms with Crippen molar-refractivity contribution >= 4 is 34.5 Å². The number of hydrogen-bond donors (Lipinski definition) is 0. The Labute approximate surface area is 169 Å². The van der Waals surface area contributed by atoms with Gasteiger partial charge in [-0.05, 0) is 25.7 Å². The molecule has 0 rings (SSSR count). The van der Waals surface area contributed by atoms with Gasteiger partial charge in [-0.2, -0.15) is 0 Å². The Morgan fingerprint density at radius 2 is 0.920 bits per heavy atom. The standard InChI is InChI=1S/C8H17.2C6H12O2.Sn.H/c1-3-5-7-8-6-4-2;2*1-2-3-4-5-6(7)8;;/h1,3-8H2,2H3;2*2-5H2,1H3,(H,7,8);;/q;;;+2;/p-2. The van der Waals surface area contributed by atoms with E-state index in [1.54, 1.807) is 0 Å². The first-order valence-corrected chi connectivity index (χ1v) is 12.4. The molecule has 5 heteroatoms. The Bertz CT molecular complexity index is 244. The predicted molar refractivity (Wildman–Crippen MR) is 104 cm³/mol. The van der Waals surface area contributed by atoms with Crippen LogP contribution in [0.4, 0.5) is 0 Å². The molecule has 0 N–H and O–H groups in total. The molecule has 0 aromatic rings. The maximum atomic E-state index is 9.76. The van der Waals surface area contributed by atoms with Gasteiger partial charge in [0.15, 0.2) is 0 Å². The fraction of sp³-hybridized carbons (Fsp3) is 0.900. The summed E-state index contributed by atoms with van der Waals surface area (Å²) in [4.78, 5) is 19.5. The molecule has 0 aliphatic carbocycles. The van der Waals surface area contributed by atoms with E-state index in [1.165, 1.54) is 65.5 Å². The molecule has 0 aliphatic heterocycles. The zero-order chi connectivity index (χ0) is 19.8. The minimum atomic E-state index is -0.932. The van der Waals surface area contributed by atoms with Gasteiger partial charge < -0.3 is 19.8 Å². The molecule has 0 aromatic carbocycles. The van der Waals surface area contributed by atoms with Crippen molar-refractivity contribution in [2.75, 3.05) is 0 Å². The van der Waals surface area contributed by atoms with Crippen LogP contribution in [0.5, 0.6) is 0 Å². The Balaban J connectivity index is -0.000000291. The van der Waals surface area contributed by atoms with E-state index in [9.17, 15) is 19.8 Å². The molecule has 0 aliphatic rings. The molecular weight excluding hydrogens is 423 g/mol. The number of aliphatic carboxylic acids is 2. The van der Waals surface area contributed by atoms with Crippen molar-refractivity contribution in [3.8, 4) is 0 Å². The molecule has 0 radical (unpaired) electrons. The van der Waals surface area contributed by atoms with E-state index < -0.39 is 11.9 Å². The van der Waals surface area contributed by atoms with Crippen molar-refractivity contribution in [2.45, 2.75) is 115 Å². The fourth-order valence-electron chi connectivity index (χ4n) is 1.96. The molecule has 0 saturated heterocycles. The summed E-state index contributed by atoms with van der Waals surface area (Å²) in [5.74, 6) is -1.86. The summed E-state index contributed by atoms with van der Waals surface area (Å²) in [5.41, 5.74) is 0. The number of unbranched alkanes of at least 4 members (excludes halogenated alkanes) is 9. The van der Waals surface area contributed by atoms with E-state index in [1.807, 2.05) is 13.8 Å². The molecule has 0 unspecified atom stereocenters. The molecule has 0 aromatic heterocycles. The summed E-state index contributed by atoms with van der Waals surface area (Å²) in [5, 5.41) is 19.5. The second-order valence-electron chi connectivity index (χ2n) is 6.21. The van der Waals surface area contributed by atoms with Crippen LogP contribution >= 0.6 is 0 Å². The number of carboxylic acids is 2. The first kappa shape index (κ1) is 29.5. The van der Waals surface area contributed by atoms with Gasteiger partial charge in [0, 0.05) is 11.9 Å². The van der Waals surface area contributed by atoms with E-state index in [4.69, 9.17) is 0 Å². The van der Waals surface area contributed by atoms with E-state index in [-0.39, 0.29) is 12.8 Å². The van der Waals surface area contributed by atoms with Crippen LogP contribution in [0, 0.1) is 0 Å². The molecule has 0 spiro atoms. The number of carboxylic acid groups (broad SMARTS) is 2. The Morgan fingerprint density at radius 1 is 0.600 bits per heavy atom. The van der Waals surface area contributed by atoms with Gasteiger partial charge in [0.2, 0.25) is 0 Å². The van der Waals surface area contributed by atoms with Crippen LogP contribution in [0.3, 0.4) is 0 Å². The third-order valence-corrected chi connectivity index (χ3v) is 4.69. The number of carbonyl (C=O) groups is 2. The number of carbonyl (C=O) groups excluding carboxylic acids is 2. The van der Waals surface area contributed by atoms with Gasteiger partial charge in [0.1, 0.15) is 0 Å². The second kappa shape index (κ2) is 28.5. The second-order valence-corrected chi connectivity index (χ2v) is 7.86. The third kappa shape index (κ3) is 45.3. The third-order valence-electron chi connectivity index (χ3n) is 3.53. The summed E-state index contributed by atoms with van der Waals surface area (Å²) < 4.78 is 1.50. The van der Waals surface area contributed by atoms with Gasteiger partial charge >= 0.3 is 72.4 Å². The number of hydrogen-bond acceptors (Lipinski definition) is 4. The molecule has 0 atom stereocenters. The SMILES string of the molecule is CCCCCC(=O)[O-].CCCCCC(=O)[O-].CCCCCCC[CH2][SnH+2]. The summed E-state index contributed by atoms with van der Waals surface area (Å²) in [6.45, 7) is 6.34. The average molecular weight is 463 g/mol. The van der Waals surface area contributed by atoms with Crippen LogP contribution < -0.4 is 10.2 Å². The molecule has 148 valence electrons. The van der Waals surface area contributed by atoms with E-state index in [0.29, 0.717) is 0 Å². The molecular formula is C20H40O4Sn. The Hall–Kier alpha value is -0.261. The van der Waals surface area contributed by atoms with Crippen molar-refractivity contribution in [2.24, 2.45) is 0 Å². The topological polar surface area (TPSA) is 80.3 Å². The summed E-state index contributed by atoms with van der Waals surface area (Å²) >= 11 is 1.46. The van der Waals surface area contributed by atoms with Crippen LogP contribution in [-0.4, -0.2) is 34.5 Å². The Kier molecular flexibility index (Phi) is 33.7. The van der Waals surface area contributed by atoms with Gasteiger partial charge in [-0.25, -0.2) is 0 Å². The quantitative estimate of drug-likeness (QED) is 0.293. The van der Waals surface area contributed by atoms with Crippen molar-refractivity contribution in [1.82, 2.24) is 0 Å². The summed E-state index contributed by atoms with van der Waals surface area (Å²) in [6, 6.07) is 0. The fourth-order valence-corrected chi connectivity index (χ4v) is 2.79. The van der Waals surface area contributed by atoms with Crippen LogP contribution in [0.2, 0.25) is 4.44 Å². The van der Waals surface area contributed by atoms with Crippen molar-refractivity contribution < 1.29 is 19.8 Å². The molecule has 4 nitrogen and oxygen atoms in total. The zero-order valence-electron chi connectivity index (χ0n) is 16.8. The zero-order valence-corrected chi connectivity index (χ0v) is 20.1. The molecule has 0 amide bonds. The molecule has 25 heavy (non-hydrogen) atoms. The van der Waals surface area contributed by atoms with Crippen molar-refractivity contribution in [3.05, 3.63) is 0 Å². The van der Waals surface area contributed by atoms with Crippen molar-refractivity contribution in [1.29, 1.82) is 0 Å². The van der Waals surface area contributed by atoms with Gasteiger partial charge in [-0.3, -0.25) is 0 Å². The average Bonchev–Trinajstić information content (AvgIpc) is 2.56. The first-order valence-electron chi connectivity index (χ1n) is 10.1. The van der Waals surface area contributed by atoms with Gasteiger partial charge in [-0.15, -0.1) is 0 Å². The summed E-state index contributed by atoms with van der Waals surface area (Å²) in [7, 11) is 0. The molecule has 0 saturated carbocycles. The van der Waals surface area contributed by atoms with Crippen LogP contribution in [0.1, 0.15) is 111 Å². The van der Waals surface area contributed by atoms with E-state index in [0.717, 1.165) is 38.5 Å². The van der Waals surface area contributed by atoms with E-state index in [2.05, 4.69) is 6.92 Å². The van der Waals surface area contributed by atoms with Crippen LogP contribution in [0.25, 0.3) is 0 Å². The summed E-state index contributed by atoms with van der Waals surface area (Å²) in [6.07, 6.45) is 14.8. The van der Waals surface area contributed by atoms with Gasteiger partial charge in [0.25, 0.3) is 0 Å². The minimum absolute atomic E-state index is 0.216. The Morgan fingerprint density at radius 3 is 1.24 bits per heavy atom. The maximum absolute atomic E-state index is 9.76. The predicted octanol–water partition coefficient (Wildman–Crippen LogP) is 3.30. The van der Waals surface area contributed by atoms with Crippen molar-refractivity contribution in [3.63, 3.8) is 0 Å².